The molecule has 16 heavy (non-hydrogen) atoms. The maximum atomic E-state index is 11.8. The van der Waals surface area contributed by atoms with Gasteiger partial charge in [0.25, 0.3) is 5.91 Å². The summed E-state index contributed by atoms with van der Waals surface area (Å²) in [5, 5.41) is 3.02. The molecule has 1 saturated carbocycles. The van der Waals surface area contributed by atoms with Crippen molar-refractivity contribution in [1.82, 2.24) is 5.32 Å². The quantitative estimate of drug-likeness (QED) is 0.843. The van der Waals surface area contributed by atoms with Crippen LogP contribution in [0.3, 0.4) is 0 Å². The van der Waals surface area contributed by atoms with E-state index in [2.05, 4.69) is 12.2 Å². The van der Waals surface area contributed by atoms with E-state index in [0.717, 1.165) is 5.75 Å². The number of rotatable bonds is 4. The molecule has 0 heterocycles. The van der Waals surface area contributed by atoms with Crippen LogP contribution < -0.4 is 10.1 Å². The third kappa shape index (κ3) is 2.54. The van der Waals surface area contributed by atoms with Gasteiger partial charge in [0, 0.05) is 11.6 Å². The van der Waals surface area contributed by atoms with Crippen LogP contribution in [0.1, 0.15) is 30.1 Å². The largest absolute Gasteiger partial charge is 0.497 e. The molecule has 86 valence electrons. The molecule has 0 radical (unpaired) electrons. The molecule has 1 aromatic rings. The van der Waals surface area contributed by atoms with Crippen LogP contribution in [0, 0.1) is 5.92 Å². The topological polar surface area (TPSA) is 38.3 Å². The van der Waals surface area contributed by atoms with Crippen molar-refractivity contribution in [2.45, 2.75) is 25.8 Å². The minimum Gasteiger partial charge on any atom is -0.497 e. The van der Waals surface area contributed by atoms with Gasteiger partial charge in [-0.2, -0.15) is 0 Å². The average Bonchev–Trinajstić information content (AvgIpc) is 3.13. The summed E-state index contributed by atoms with van der Waals surface area (Å²) in [6.07, 6.45) is 2.48. The number of ether oxygens (including phenoxy) is 1. The molecule has 1 aliphatic carbocycles. The van der Waals surface area contributed by atoms with E-state index in [1.165, 1.54) is 12.8 Å². The Kier molecular flexibility index (Phi) is 3.13. The van der Waals surface area contributed by atoms with Crippen molar-refractivity contribution >= 4 is 5.91 Å². The normalized spacial score (nSPS) is 16.6. The van der Waals surface area contributed by atoms with Crippen LogP contribution in [-0.4, -0.2) is 19.1 Å². The minimum absolute atomic E-state index is 0.00190. The molecule has 1 amide bonds. The predicted octanol–water partition coefficient (Wildman–Crippen LogP) is 2.22. The zero-order chi connectivity index (χ0) is 11.5. The SMILES string of the molecule is COc1ccc(C(=O)NC(C)C2CC2)cc1. The fourth-order valence-electron chi connectivity index (χ4n) is 1.75. The number of carbonyl (C=O) groups excluding carboxylic acids is 1. The summed E-state index contributed by atoms with van der Waals surface area (Å²) in [6, 6.07) is 7.46. The van der Waals surface area contributed by atoms with Crippen LogP contribution in [0.15, 0.2) is 24.3 Å². The van der Waals surface area contributed by atoms with Gasteiger partial charge >= 0.3 is 0 Å². The van der Waals surface area contributed by atoms with Crippen molar-refractivity contribution in [2.24, 2.45) is 5.92 Å². The van der Waals surface area contributed by atoms with Gasteiger partial charge in [0.05, 0.1) is 7.11 Å². The van der Waals surface area contributed by atoms with Crippen LogP contribution in [-0.2, 0) is 0 Å². The third-order valence-corrected chi connectivity index (χ3v) is 3.04. The van der Waals surface area contributed by atoms with Gasteiger partial charge < -0.3 is 10.1 Å². The zero-order valence-electron chi connectivity index (χ0n) is 9.69. The zero-order valence-corrected chi connectivity index (χ0v) is 9.69. The summed E-state index contributed by atoms with van der Waals surface area (Å²) >= 11 is 0. The Hall–Kier alpha value is -1.51. The lowest BCUT2D eigenvalue weighted by Crippen LogP contribution is -2.33. The molecule has 1 unspecified atom stereocenters. The lowest BCUT2D eigenvalue weighted by atomic mass is 10.1. The highest BCUT2D eigenvalue weighted by Gasteiger charge is 2.28. The second kappa shape index (κ2) is 4.56. The van der Waals surface area contributed by atoms with Crippen LogP contribution in [0.25, 0.3) is 0 Å². The number of hydrogen-bond acceptors (Lipinski definition) is 2. The summed E-state index contributed by atoms with van der Waals surface area (Å²) in [5.41, 5.74) is 0.688. The standard InChI is InChI=1S/C13H17NO2/c1-9(10-3-4-10)14-13(15)11-5-7-12(16-2)8-6-11/h5-10H,3-4H2,1-2H3,(H,14,15). The van der Waals surface area contributed by atoms with Gasteiger partial charge in [0.2, 0.25) is 0 Å². The molecule has 0 saturated heterocycles. The van der Waals surface area contributed by atoms with Crippen molar-refractivity contribution in [3.8, 4) is 5.75 Å². The van der Waals surface area contributed by atoms with Crippen molar-refractivity contribution < 1.29 is 9.53 Å². The maximum Gasteiger partial charge on any atom is 0.251 e. The van der Waals surface area contributed by atoms with Gasteiger partial charge in [-0.25, -0.2) is 0 Å². The molecule has 0 aliphatic heterocycles. The summed E-state index contributed by atoms with van der Waals surface area (Å²) in [6.45, 7) is 2.07. The summed E-state index contributed by atoms with van der Waals surface area (Å²) in [4.78, 5) is 11.8. The summed E-state index contributed by atoms with van der Waals surface area (Å²) in [5.74, 6) is 1.45. The number of benzene rings is 1. The first kappa shape index (κ1) is 11.0. The van der Waals surface area contributed by atoms with Crippen molar-refractivity contribution in [3.05, 3.63) is 29.8 Å². The van der Waals surface area contributed by atoms with Crippen LogP contribution in [0.4, 0.5) is 0 Å². The molecule has 1 N–H and O–H groups in total. The number of amides is 1. The molecule has 1 fully saturated rings. The third-order valence-electron chi connectivity index (χ3n) is 3.04. The highest BCUT2D eigenvalue weighted by atomic mass is 16.5. The Balaban J connectivity index is 1.96. The second-order valence-corrected chi connectivity index (χ2v) is 4.33. The smallest absolute Gasteiger partial charge is 0.251 e. The monoisotopic (exact) mass is 219 g/mol. The van der Waals surface area contributed by atoms with Gasteiger partial charge in [0.1, 0.15) is 5.75 Å². The summed E-state index contributed by atoms with van der Waals surface area (Å²) in [7, 11) is 1.62. The molecule has 3 heteroatoms. The van der Waals surface area contributed by atoms with Crippen LogP contribution in [0.2, 0.25) is 0 Å². The van der Waals surface area contributed by atoms with Crippen molar-refractivity contribution in [1.29, 1.82) is 0 Å². The first-order chi connectivity index (χ1) is 7.70. The molecule has 1 atom stereocenters. The highest BCUT2D eigenvalue weighted by Crippen LogP contribution is 2.32. The first-order valence-electron chi connectivity index (χ1n) is 5.65. The molecule has 1 aliphatic rings. The van der Waals surface area contributed by atoms with E-state index in [1.807, 2.05) is 0 Å². The fraction of sp³-hybridized carbons (Fsp3) is 0.462. The van der Waals surface area contributed by atoms with Crippen molar-refractivity contribution in [3.63, 3.8) is 0 Å². The van der Waals surface area contributed by atoms with Crippen molar-refractivity contribution in [2.75, 3.05) is 7.11 Å². The minimum atomic E-state index is 0.00190. The van der Waals surface area contributed by atoms with E-state index in [9.17, 15) is 4.79 Å². The van der Waals surface area contributed by atoms with Gasteiger partial charge in [-0.1, -0.05) is 0 Å². The fourth-order valence-corrected chi connectivity index (χ4v) is 1.75. The second-order valence-electron chi connectivity index (χ2n) is 4.33. The van der Waals surface area contributed by atoms with E-state index >= 15 is 0 Å². The lowest BCUT2D eigenvalue weighted by Gasteiger charge is -2.12. The number of hydrogen-bond donors (Lipinski definition) is 1. The molecule has 0 aromatic heterocycles. The number of nitrogens with one attached hydrogen (secondary N) is 1. The average molecular weight is 219 g/mol. The molecule has 2 rings (SSSR count). The van der Waals surface area contributed by atoms with Gasteiger partial charge in [-0.05, 0) is 49.9 Å². The first-order valence-corrected chi connectivity index (χ1v) is 5.65. The van der Waals surface area contributed by atoms with Gasteiger partial charge in [0.15, 0.2) is 0 Å². The lowest BCUT2D eigenvalue weighted by molar-refractivity contribution is 0.0936. The maximum absolute atomic E-state index is 11.8. The van der Waals surface area contributed by atoms with Crippen LogP contribution >= 0.6 is 0 Å². The number of methoxy groups -OCH3 is 1. The summed E-state index contributed by atoms with van der Waals surface area (Å²) < 4.78 is 5.05. The van der Waals surface area contributed by atoms with E-state index in [4.69, 9.17) is 4.74 Å². The molecule has 3 nitrogen and oxygen atoms in total. The van der Waals surface area contributed by atoms with E-state index in [-0.39, 0.29) is 11.9 Å². The Bertz CT molecular complexity index is 368. The Morgan fingerprint density at radius 1 is 1.38 bits per heavy atom. The highest BCUT2D eigenvalue weighted by molar-refractivity contribution is 5.94. The van der Waals surface area contributed by atoms with Gasteiger partial charge in [-0.3, -0.25) is 4.79 Å². The van der Waals surface area contributed by atoms with E-state index in [1.54, 1.807) is 31.4 Å². The Labute approximate surface area is 95.8 Å². The van der Waals surface area contributed by atoms with E-state index in [0.29, 0.717) is 11.5 Å². The predicted molar refractivity (Wildman–Crippen MR) is 62.6 cm³/mol. The molecular formula is C13H17NO2. The molecule has 1 aromatic carbocycles. The number of carbonyl (C=O) groups is 1. The van der Waals surface area contributed by atoms with E-state index < -0.39 is 0 Å². The Morgan fingerprint density at radius 2 is 2.00 bits per heavy atom. The van der Waals surface area contributed by atoms with Gasteiger partial charge in [-0.15, -0.1) is 0 Å². The molecule has 0 spiro atoms. The van der Waals surface area contributed by atoms with Crippen LogP contribution in [0.5, 0.6) is 5.75 Å². The molecular weight excluding hydrogens is 202 g/mol. The molecule has 0 bridgehead atoms. The Morgan fingerprint density at radius 3 is 2.50 bits per heavy atom.